The lowest BCUT2D eigenvalue weighted by atomic mass is 9.85. The van der Waals surface area contributed by atoms with Crippen LogP contribution in [-0.4, -0.2) is 13.4 Å². The first-order valence-corrected chi connectivity index (χ1v) is 15.4. The summed E-state index contributed by atoms with van der Waals surface area (Å²) in [6.45, 7) is -0.432. The van der Waals surface area contributed by atoms with Gasteiger partial charge in [-0.2, -0.15) is 0 Å². The largest absolute Gasteiger partial charge is 0.273 e. The topological polar surface area (TPSA) is 0 Å². The molecule has 3 aliphatic rings. The standard InChI is InChI=1S/C12H16Cl4Si2/c1-17(13,14)9-5-10-8-3-4-12(7-8,11(10)6-9)18(2,15)16/h3-4,6,8,10-11H,5,7H2,1-2H3/t8-,10-,11-,12-/m1/s1. The van der Waals surface area contributed by atoms with Crippen molar-refractivity contribution in [3.8, 4) is 0 Å². The lowest BCUT2D eigenvalue weighted by molar-refractivity contribution is 0.400. The van der Waals surface area contributed by atoms with E-state index in [-0.39, 0.29) is 5.04 Å². The normalized spacial score (nSPS) is 42.3. The van der Waals surface area contributed by atoms with Crippen LogP contribution in [0.1, 0.15) is 12.8 Å². The molecular formula is C12H16Cl4Si2. The van der Waals surface area contributed by atoms with E-state index < -0.39 is 13.4 Å². The molecule has 3 aliphatic carbocycles. The van der Waals surface area contributed by atoms with E-state index in [0.29, 0.717) is 17.8 Å². The van der Waals surface area contributed by atoms with Crippen LogP contribution in [0, 0.1) is 17.8 Å². The monoisotopic (exact) mass is 356 g/mol. The number of rotatable bonds is 2. The average Bonchev–Trinajstić information content (AvgIpc) is 2.86. The average molecular weight is 358 g/mol. The summed E-state index contributed by atoms with van der Waals surface area (Å²) in [6, 6.07) is 0. The maximum Gasteiger partial charge on any atom is 0.273 e. The molecule has 1 fully saturated rings. The van der Waals surface area contributed by atoms with Crippen molar-refractivity contribution in [2.45, 2.75) is 31.0 Å². The van der Waals surface area contributed by atoms with E-state index in [2.05, 4.69) is 24.8 Å². The van der Waals surface area contributed by atoms with Crippen LogP contribution in [0.25, 0.3) is 0 Å². The van der Waals surface area contributed by atoms with Crippen molar-refractivity contribution in [1.82, 2.24) is 0 Å². The first-order valence-electron chi connectivity index (χ1n) is 6.31. The predicted molar refractivity (Wildman–Crippen MR) is 86.3 cm³/mol. The predicted octanol–water partition coefficient (Wildman–Crippen LogP) is 5.52. The molecule has 100 valence electrons. The fourth-order valence-corrected chi connectivity index (χ4v) is 9.41. The molecule has 6 heteroatoms. The smallest absolute Gasteiger partial charge is 0.145 e. The van der Waals surface area contributed by atoms with Crippen molar-refractivity contribution in [3.05, 3.63) is 23.4 Å². The van der Waals surface area contributed by atoms with Crippen LogP contribution in [0.2, 0.25) is 18.1 Å². The summed E-state index contributed by atoms with van der Waals surface area (Å²) >= 11 is 26.0. The molecule has 0 spiro atoms. The van der Waals surface area contributed by atoms with Crippen LogP contribution >= 0.6 is 44.3 Å². The minimum absolute atomic E-state index is 0.0145. The van der Waals surface area contributed by atoms with Gasteiger partial charge < -0.3 is 0 Å². The minimum atomic E-state index is -2.26. The van der Waals surface area contributed by atoms with E-state index >= 15 is 0 Å². The van der Waals surface area contributed by atoms with Gasteiger partial charge in [-0.05, 0) is 43.7 Å². The Morgan fingerprint density at radius 2 is 1.89 bits per heavy atom. The lowest BCUT2D eigenvalue weighted by Gasteiger charge is -2.38. The zero-order valence-electron chi connectivity index (χ0n) is 10.4. The molecule has 0 radical (unpaired) electrons. The molecule has 3 rings (SSSR count). The van der Waals surface area contributed by atoms with Gasteiger partial charge in [0.15, 0.2) is 0 Å². The third-order valence-electron chi connectivity index (χ3n) is 5.04. The van der Waals surface area contributed by atoms with E-state index in [0.717, 1.165) is 12.8 Å². The van der Waals surface area contributed by atoms with Crippen LogP contribution in [0.5, 0.6) is 0 Å². The Morgan fingerprint density at radius 1 is 1.22 bits per heavy atom. The molecule has 0 aromatic rings. The van der Waals surface area contributed by atoms with Gasteiger partial charge in [0, 0.05) is 5.04 Å². The van der Waals surface area contributed by atoms with Gasteiger partial charge in [0.25, 0.3) is 13.4 Å². The second-order valence-corrected chi connectivity index (χ2v) is 21.5. The number of allylic oxidation sites excluding steroid dienone is 4. The number of fused-ring (bicyclic) bond motifs is 5. The molecule has 0 aliphatic heterocycles. The van der Waals surface area contributed by atoms with Crippen LogP contribution in [0.4, 0.5) is 0 Å². The van der Waals surface area contributed by atoms with E-state index in [1.54, 1.807) is 0 Å². The Labute approximate surface area is 129 Å². The third kappa shape index (κ3) is 1.83. The number of halogens is 4. The molecule has 0 heterocycles. The van der Waals surface area contributed by atoms with Gasteiger partial charge in [-0.3, -0.25) is 0 Å². The Bertz CT molecular complexity index is 446. The molecule has 0 aromatic heterocycles. The van der Waals surface area contributed by atoms with Crippen LogP contribution < -0.4 is 0 Å². The maximum absolute atomic E-state index is 6.62. The Hall–Kier alpha value is 1.07. The molecule has 0 saturated heterocycles. The van der Waals surface area contributed by atoms with Gasteiger partial charge >= 0.3 is 0 Å². The molecule has 18 heavy (non-hydrogen) atoms. The van der Waals surface area contributed by atoms with E-state index in [4.69, 9.17) is 44.3 Å². The van der Waals surface area contributed by atoms with E-state index in [1.807, 2.05) is 6.55 Å². The maximum atomic E-state index is 6.62. The van der Waals surface area contributed by atoms with Crippen molar-refractivity contribution in [2.24, 2.45) is 17.8 Å². The van der Waals surface area contributed by atoms with Crippen LogP contribution in [0.3, 0.4) is 0 Å². The molecule has 1 saturated carbocycles. The Balaban J connectivity index is 2.01. The quantitative estimate of drug-likeness (QED) is 0.347. The number of hydrogen-bond donors (Lipinski definition) is 0. The summed E-state index contributed by atoms with van der Waals surface area (Å²) in [5, 5.41) is 1.30. The van der Waals surface area contributed by atoms with Gasteiger partial charge in [0.1, 0.15) is 0 Å². The Kier molecular flexibility index (Phi) is 3.16. The molecule has 2 bridgehead atoms. The second kappa shape index (κ2) is 4.05. The lowest BCUT2D eigenvalue weighted by Crippen LogP contribution is -2.36. The van der Waals surface area contributed by atoms with Gasteiger partial charge in [-0.1, -0.05) is 23.4 Å². The summed E-state index contributed by atoms with van der Waals surface area (Å²) in [7, 11) is 0. The van der Waals surface area contributed by atoms with E-state index in [9.17, 15) is 0 Å². The van der Waals surface area contributed by atoms with Gasteiger partial charge in [-0.25, -0.2) is 0 Å². The highest BCUT2D eigenvalue weighted by Crippen LogP contribution is 2.71. The number of hydrogen-bond acceptors (Lipinski definition) is 0. The van der Waals surface area contributed by atoms with Crippen molar-refractivity contribution in [3.63, 3.8) is 0 Å². The van der Waals surface area contributed by atoms with Crippen molar-refractivity contribution < 1.29 is 0 Å². The molecular weight excluding hydrogens is 342 g/mol. The fourth-order valence-electron chi connectivity index (χ4n) is 4.04. The van der Waals surface area contributed by atoms with Crippen LogP contribution in [-0.2, 0) is 0 Å². The van der Waals surface area contributed by atoms with Crippen molar-refractivity contribution in [1.29, 1.82) is 0 Å². The van der Waals surface area contributed by atoms with Crippen LogP contribution in [0.15, 0.2) is 23.4 Å². The molecule has 0 unspecified atom stereocenters. The van der Waals surface area contributed by atoms with Gasteiger partial charge in [0.2, 0.25) is 0 Å². The molecule has 4 atom stereocenters. The second-order valence-electron chi connectivity index (χ2n) is 6.13. The van der Waals surface area contributed by atoms with Crippen molar-refractivity contribution in [2.75, 3.05) is 0 Å². The molecule has 0 nitrogen and oxygen atoms in total. The highest BCUT2D eigenvalue weighted by Gasteiger charge is 2.64. The minimum Gasteiger partial charge on any atom is -0.145 e. The highest BCUT2D eigenvalue weighted by atomic mass is 35.7. The Morgan fingerprint density at radius 3 is 2.44 bits per heavy atom. The first-order chi connectivity index (χ1) is 8.15. The zero-order valence-corrected chi connectivity index (χ0v) is 15.4. The summed E-state index contributed by atoms with van der Waals surface area (Å²) in [5.74, 6) is 1.73. The first kappa shape index (κ1) is 14.0. The molecule has 0 N–H and O–H groups in total. The van der Waals surface area contributed by atoms with E-state index in [1.165, 1.54) is 5.20 Å². The summed E-state index contributed by atoms with van der Waals surface area (Å²) in [5.41, 5.74) is 0. The molecule has 0 aromatic carbocycles. The highest BCUT2D eigenvalue weighted by molar-refractivity contribution is 7.48. The summed E-state index contributed by atoms with van der Waals surface area (Å²) in [6.07, 6.45) is 9.14. The molecule has 0 amide bonds. The van der Waals surface area contributed by atoms with Gasteiger partial charge in [0.05, 0.1) is 0 Å². The third-order valence-corrected chi connectivity index (χ3v) is 12.4. The summed E-state index contributed by atoms with van der Waals surface area (Å²) in [4.78, 5) is 0. The summed E-state index contributed by atoms with van der Waals surface area (Å²) < 4.78 is 0. The SMILES string of the molecule is C[Si](Cl)(Cl)C1=C[C@@H]2[C@H](C1)[C@@H]1C=C[C@@]2([Si](C)(Cl)Cl)C1. The van der Waals surface area contributed by atoms with Gasteiger partial charge in [-0.15, -0.1) is 44.3 Å². The zero-order chi connectivity index (χ0) is 13.3. The van der Waals surface area contributed by atoms with Crippen molar-refractivity contribution >= 4 is 57.7 Å². The fraction of sp³-hybridized carbons (Fsp3) is 0.667.